The number of methoxy groups -OCH3 is 1. The molecule has 0 saturated heterocycles. The quantitative estimate of drug-likeness (QED) is 0.407. The summed E-state index contributed by atoms with van der Waals surface area (Å²) in [5.74, 6) is 4.84. The fraction of sp³-hybridized carbons (Fsp3) is 0.417. The van der Waals surface area contributed by atoms with Crippen LogP contribution in [0.25, 0.3) is 0 Å². The van der Waals surface area contributed by atoms with Gasteiger partial charge in [-0.05, 0) is 19.9 Å². The fourth-order valence-corrected chi connectivity index (χ4v) is 1.73. The summed E-state index contributed by atoms with van der Waals surface area (Å²) in [5.41, 5.74) is 1.96. The SMILES string of the molecule is COCC(C)(C)NC(=O)c1cc([N+](=O)[O-])ccc1NN. The minimum absolute atomic E-state index is 0.103. The summed E-state index contributed by atoms with van der Waals surface area (Å²) in [7, 11) is 1.52. The van der Waals surface area contributed by atoms with Crippen molar-refractivity contribution in [1.82, 2.24) is 5.32 Å². The number of nitrogens with one attached hydrogen (secondary N) is 2. The van der Waals surface area contributed by atoms with Crippen LogP contribution in [-0.2, 0) is 4.74 Å². The minimum Gasteiger partial charge on any atom is -0.382 e. The number of nitro benzene ring substituents is 1. The summed E-state index contributed by atoms with van der Waals surface area (Å²) in [6, 6.07) is 3.83. The van der Waals surface area contributed by atoms with Gasteiger partial charge in [-0.2, -0.15) is 0 Å². The lowest BCUT2D eigenvalue weighted by Gasteiger charge is -2.25. The first-order chi connectivity index (χ1) is 9.30. The molecule has 0 heterocycles. The molecule has 0 radical (unpaired) electrons. The van der Waals surface area contributed by atoms with Crippen LogP contribution in [0.15, 0.2) is 18.2 Å². The maximum Gasteiger partial charge on any atom is 0.270 e. The molecule has 8 heteroatoms. The largest absolute Gasteiger partial charge is 0.382 e. The molecule has 0 aromatic heterocycles. The average Bonchev–Trinajstić information content (AvgIpc) is 2.37. The summed E-state index contributed by atoms with van der Waals surface area (Å²) in [5, 5.41) is 13.5. The highest BCUT2D eigenvalue weighted by Crippen LogP contribution is 2.22. The van der Waals surface area contributed by atoms with Crippen molar-refractivity contribution in [1.29, 1.82) is 0 Å². The Morgan fingerprint density at radius 1 is 1.50 bits per heavy atom. The predicted molar refractivity (Wildman–Crippen MR) is 74.3 cm³/mol. The highest BCUT2D eigenvalue weighted by atomic mass is 16.6. The molecule has 0 aliphatic carbocycles. The molecule has 0 bridgehead atoms. The summed E-state index contributed by atoms with van der Waals surface area (Å²) in [6.07, 6.45) is 0. The molecular formula is C12H18N4O4. The maximum absolute atomic E-state index is 12.2. The van der Waals surface area contributed by atoms with Crippen molar-refractivity contribution < 1.29 is 14.5 Å². The predicted octanol–water partition coefficient (Wildman–Crippen LogP) is 1.04. The zero-order chi connectivity index (χ0) is 15.3. The van der Waals surface area contributed by atoms with Crippen molar-refractivity contribution in [2.45, 2.75) is 19.4 Å². The van der Waals surface area contributed by atoms with E-state index in [1.54, 1.807) is 13.8 Å². The topological polar surface area (TPSA) is 120 Å². The maximum atomic E-state index is 12.2. The number of amides is 1. The molecule has 1 amide bonds. The minimum atomic E-state index is -0.609. The third-order valence-corrected chi connectivity index (χ3v) is 2.57. The molecule has 0 fully saturated rings. The van der Waals surface area contributed by atoms with Crippen LogP contribution < -0.4 is 16.6 Å². The van der Waals surface area contributed by atoms with Gasteiger partial charge < -0.3 is 15.5 Å². The van der Waals surface area contributed by atoms with Crippen molar-refractivity contribution in [2.24, 2.45) is 5.84 Å². The van der Waals surface area contributed by atoms with E-state index in [-0.39, 0.29) is 11.3 Å². The third kappa shape index (κ3) is 3.90. The summed E-state index contributed by atoms with van der Waals surface area (Å²) >= 11 is 0. The van der Waals surface area contributed by atoms with Gasteiger partial charge in [-0.3, -0.25) is 20.8 Å². The van der Waals surface area contributed by atoms with E-state index in [1.165, 1.54) is 25.3 Å². The molecule has 1 aromatic rings. The van der Waals surface area contributed by atoms with Crippen molar-refractivity contribution in [3.05, 3.63) is 33.9 Å². The number of non-ortho nitro benzene ring substituents is 1. The zero-order valence-corrected chi connectivity index (χ0v) is 11.6. The first-order valence-corrected chi connectivity index (χ1v) is 5.87. The van der Waals surface area contributed by atoms with E-state index >= 15 is 0 Å². The van der Waals surface area contributed by atoms with Gasteiger partial charge in [-0.1, -0.05) is 0 Å². The highest BCUT2D eigenvalue weighted by Gasteiger charge is 2.24. The number of nitrogens with two attached hydrogens (primary N) is 1. The Hall–Kier alpha value is -2.19. The van der Waals surface area contributed by atoms with Gasteiger partial charge in [0.2, 0.25) is 0 Å². The van der Waals surface area contributed by atoms with Crippen LogP contribution in [0, 0.1) is 10.1 Å². The Balaban J connectivity index is 3.07. The molecule has 4 N–H and O–H groups in total. The second kappa shape index (κ2) is 6.31. The Bertz CT molecular complexity index is 516. The molecule has 0 aliphatic heterocycles. The van der Waals surface area contributed by atoms with E-state index < -0.39 is 16.4 Å². The Morgan fingerprint density at radius 3 is 2.65 bits per heavy atom. The Labute approximate surface area is 116 Å². The van der Waals surface area contributed by atoms with E-state index in [9.17, 15) is 14.9 Å². The van der Waals surface area contributed by atoms with Crippen LogP contribution in [0.3, 0.4) is 0 Å². The molecule has 0 spiro atoms. The van der Waals surface area contributed by atoms with Crippen LogP contribution in [0.5, 0.6) is 0 Å². The van der Waals surface area contributed by atoms with Crippen molar-refractivity contribution >= 4 is 17.3 Å². The van der Waals surface area contributed by atoms with Gasteiger partial charge in [0.05, 0.1) is 28.3 Å². The van der Waals surface area contributed by atoms with Crippen molar-refractivity contribution in [3.8, 4) is 0 Å². The lowest BCUT2D eigenvalue weighted by atomic mass is 10.0. The van der Waals surface area contributed by atoms with E-state index in [0.29, 0.717) is 12.3 Å². The molecule has 110 valence electrons. The summed E-state index contributed by atoms with van der Waals surface area (Å²) in [4.78, 5) is 22.4. The van der Waals surface area contributed by atoms with Gasteiger partial charge in [-0.15, -0.1) is 0 Å². The second-order valence-electron chi connectivity index (χ2n) is 4.90. The number of ether oxygens (including phenoxy) is 1. The van der Waals surface area contributed by atoms with E-state index in [2.05, 4.69) is 10.7 Å². The lowest BCUT2D eigenvalue weighted by Crippen LogP contribution is -2.47. The summed E-state index contributed by atoms with van der Waals surface area (Å²) < 4.78 is 5.00. The van der Waals surface area contributed by atoms with Crippen molar-refractivity contribution in [2.75, 3.05) is 19.1 Å². The number of benzene rings is 1. The number of anilines is 1. The Kier molecular flexibility index (Phi) is 5.00. The third-order valence-electron chi connectivity index (χ3n) is 2.57. The van der Waals surface area contributed by atoms with Crippen LogP contribution in [-0.4, -0.2) is 30.1 Å². The molecular weight excluding hydrogens is 264 g/mol. The van der Waals surface area contributed by atoms with Gasteiger partial charge in [-0.25, -0.2) is 0 Å². The van der Waals surface area contributed by atoms with Crippen LogP contribution in [0.4, 0.5) is 11.4 Å². The molecule has 8 nitrogen and oxygen atoms in total. The van der Waals surface area contributed by atoms with Crippen LogP contribution in [0.2, 0.25) is 0 Å². The van der Waals surface area contributed by atoms with Gasteiger partial charge in [0.25, 0.3) is 11.6 Å². The summed E-state index contributed by atoms with van der Waals surface area (Å²) in [6.45, 7) is 3.86. The first-order valence-electron chi connectivity index (χ1n) is 5.87. The van der Waals surface area contributed by atoms with Crippen molar-refractivity contribution in [3.63, 3.8) is 0 Å². The smallest absolute Gasteiger partial charge is 0.270 e. The molecule has 1 rings (SSSR count). The number of nitrogens with zero attached hydrogens (tertiary/aromatic N) is 1. The zero-order valence-electron chi connectivity index (χ0n) is 11.6. The van der Waals surface area contributed by atoms with Crippen LogP contribution >= 0.6 is 0 Å². The fourth-order valence-electron chi connectivity index (χ4n) is 1.73. The molecule has 0 aliphatic rings. The van der Waals surface area contributed by atoms with E-state index in [4.69, 9.17) is 10.6 Å². The van der Waals surface area contributed by atoms with E-state index in [0.717, 1.165) is 0 Å². The molecule has 20 heavy (non-hydrogen) atoms. The first kappa shape index (κ1) is 15.9. The van der Waals surface area contributed by atoms with Gasteiger partial charge >= 0.3 is 0 Å². The number of hydrazine groups is 1. The standard InChI is InChI=1S/C12H18N4O4/c1-12(2,7-20-3)14-11(17)9-6-8(16(18)19)4-5-10(9)15-13/h4-6,15H,7,13H2,1-3H3,(H,14,17). The number of nitrogen functional groups attached to an aromatic ring is 1. The monoisotopic (exact) mass is 282 g/mol. The van der Waals surface area contributed by atoms with Crippen LogP contribution in [0.1, 0.15) is 24.2 Å². The molecule has 0 unspecified atom stereocenters. The van der Waals surface area contributed by atoms with Gasteiger partial charge in [0, 0.05) is 19.2 Å². The van der Waals surface area contributed by atoms with Gasteiger partial charge in [0.1, 0.15) is 0 Å². The number of hydrogen-bond donors (Lipinski definition) is 3. The van der Waals surface area contributed by atoms with E-state index in [1.807, 2.05) is 0 Å². The average molecular weight is 282 g/mol. The second-order valence-corrected chi connectivity index (χ2v) is 4.90. The normalized spacial score (nSPS) is 11.0. The Morgan fingerprint density at radius 2 is 2.15 bits per heavy atom. The molecule has 0 saturated carbocycles. The lowest BCUT2D eigenvalue weighted by molar-refractivity contribution is -0.384. The number of hydrogen-bond acceptors (Lipinski definition) is 6. The van der Waals surface area contributed by atoms with Gasteiger partial charge in [0.15, 0.2) is 0 Å². The number of nitro groups is 1. The highest BCUT2D eigenvalue weighted by molar-refractivity contribution is 6.00. The molecule has 1 aromatic carbocycles. The number of carbonyl (C=O) groups excluding carboxylic acids is 1. The number of carbonyl (C=O) groups is 1. The number of rotatable bonds is 6. The molecule has 0 atom stereocenters.